The van der Waals surface area contributed by atoms with Gasteiger partial charge >= 0.3 is 0 Å². The van der Waals surface area contributed by atoms with Gasteiger partial charge in [0.25, 0.3) is 0 Å². The molecule has 2 heteroatoms. The summed E-state index contributed by atoms with van der Waals surface area (Å²) in [5.74, 6) is 0.820. The Hall–Kier alpha value is -0.0800. The number of likely N-dealkylation sites (tertiary alicyclic amines) is 1. The lowest BCUT2D eigenvalue weighted by Gasteiger charge is -2.37. The maximum Gasteiger partial charge on any atom is 0.0117 e. The molecule has 1 fully saturated rings. The van der Waals surface area contributed by atoms with Crippen molar-refractivity contribution < 1.29 is 0 Å². The molecule has 0 amide bonds. The minimum absolute atomic E-state index is 0.762. The van der Waals surface area contributed by atoms with Crippen LogP contribution in [0.1, 0.15) is 40.0 Å². The molecule has 2 atom stereocenters. The van der Waals surface area contributed by atoms with Gasteiger partial charge in [0.2, 0.25) is 0 Å². The van der Waals surface area contributed by atoms with Crippen LogP contribution in [0.4, 0.5) is 0 Å². The van der Waals surface area contributed by atoms with Crippen LogP contribution in [0.15, 0.2) is 0 Å². The molecular formula is C12H26N2. The van der Waals surface area contributed by atoms with Gasteiger partial charge in [-0.05, 0) is 38.4 Å². The van der Waals surface area contributed by atoms with E-state index in [0.29, 0.717) is 0 Å². The minimum Gasteiger partial charge on any atom is -0.314 e. The monoisotopic (exact) mass is 198 g/mol. The van der Waals surface area contributed by atoms with Crippen LogP contribution in [-0.4, -0.2) is 37.1 Å². The average Bonchev–Trinajstić information content (AvgIpc) is 2.19. The third-order valence-corrected chi connectivity index (χ3v) is 3.28. The Kier molecular flexibility index (Phi) is 5.49. The van der Waals surface area contributed by atoms with Gasteiger partial charge in [0.05, 0.1) is 0 Å². The van der Waals surface area contributed by atoms with Crippen molar-refractivity contribution in [2.24, 2.45) is 5.92 Å². The van der Waals surface area contributed by atoms with Crippen molar-refractivity contribution in [2.45, 2.75) is 46.1 Å². The van der Waals surface area contributed by atoms with Crippen LogP contribution in [0.5, 0.6) is 0 Å². The number of piperidine rings is 1. The lowest BCUT2D eigenvalue weighted by molar-refractivity contribution is 0.147. The Labute approximate surface area is 89.1 Å². The van der Waals surface area contributed by atoms with E-state index >= 15 is 0 Å². The van der Waals surface area contributed by atoms with E-state index in [4.69, 9.17) is 0 Å². The number of unbranched alkanes of at least 4 members (excludes halogenated alkanes) is 1. The summed E-state index contributed by atoms with van der Waals surface area (Å²) < 4.78 is 0. The molecule has 2 nitrogen and oxygen atoms in total. The zero-order valence-corrected chi connectivity index (χ0v) is 10.1. The van der Waals surface area contributed by atoms with Crippen molar-refractivity contribution in [2.75, 3.05) is 26.2 Å². The molecule has 1 rings (SSSR count). The fraction of sp³-hybridized carbons (Fsp3) is 1.00. The maximum absolute atomic E-state index is 3.58. The number of nitrogens with zero attached hydrogens (tertiary/aromatic N) is 1. The number of rotatable bonds is 5. The lowest BCUT2D eigenvalue weighted by Crippen LogP contribution is -2.48. The molecule has 0 aromatic rings. The molecule has 0 aromatic heterocycles. The highest BCUT2D eigenvalue weighted by Crippen LogP contribution is 2.16. The van der Waals surface area contributed by atoms with E-state index in [1.165, 1.54) is 38.9 Å². The Morgan fingerprint density at radius 3 is 2.71 bits per heavy atom. The predicted molar refractivity (Wildman–Crippen MR) is 62.6 cm³/mol. The van der Waals surface area contributed by atoms with Crippen molar-refractivity contribution in [3.8, 4) is 0 Å². The lowest BCUT2D eigenvalue weighted by atomic mass is 9.93. The molecule has 1 aliphatic heterocycles. The molecule has 84 valence electrons. The van der Waals surface area contributed by atoms with E-state index in [1.807, 2.05) is 0 Å². The second-order valence-electron chi connectivity index (χ2n) is 4.58. The molecule has 14 heavy (non-hydrogen) atoms. The zero-order chi connectivity index (χ0) is 10.4. The van der Waals surface area contributed by atoms with Crippen LogP contribution in [0, 0.1) is 5.92 Å². The maximum atomic E-state index is 3.58. The minimum atomic E-state index is 0.762. The topological polar surface area (TPSA) is 15.3 Å². The van der Waals surface area contributed by atoms with E-state index < -0.39 is 0 Å². The molecule has 0 aromatic carbocycles. The highest BCUT2D eigenvalue weighted by molar-refractivity contribution is 4.82. The molecule has 0 spiro atoms. The van der Waals surface area contributed by atoms with E-state index in [9.17, 15) is 0 Å². The number of hydrogen-bond donors (Lipinski definition) is 1. The second-order valence-corrected chi connectivity index (χ2v) is 4.58. The average molecular weight is 198 g/mol. The fourth-order valence-electron chi connectivity index (χ4n) is 2.38. The molecule has 0 saturated carbocycles. The van der Waals surface area contributed by atoms with Crippen LogP contribution in [-0.2, 0) is 0 Å². The van der Waals surface area contributed by atoms with Gasteiger partial charge < -0.3 is 10.2 Å². The molecule has 1 aliphatic rings. The van der Waals surface area contributed by atoms with Gasteiger partial charge in [-0.1, -0.05) is 27.2 Å². The molecule has 2 unspecified atom stereocenters. The van der Waals surface area contributed by atoms with Crippen LogP contribution < -0.4 is 5.32 Å². The van der Waals surface area contributed by atoms with E-state index in [1.54, 1.807) is 0 Å². The molecule has 1 saturated heterocycles. The Morgan fingerprint density at radius 2 is 2.14 bits per heavy atom. The summed E-state index contributed by atoms with van der Waals surface area (Å²) in [4.78, 5) is 2.63. The summed E-state index contributed by atoms with van der Waals surface area (Å²) in [7, 11) is 0. The predicted octanol–water partition coefficient (Wildman–Crippen LogP) is 2.11. The third-order valence-electron chi connectivity index (χ3n) is 3.28. The first kappa shape index (κ1) is 12.0. The van der Waals surface area contributed by atoms with Crippen LogP contribution in [0.2, 0.25) is 0 Å². The summed E-state index contributed by atoms with van der Waals surface area (Å²) in [6.45, 7) is 11.9. The van der Waals surface area contributed by atoms with E-state index in [-0.39, 0.29) is 0 Å². The standard InChI is InChI=1S/C12H26N2/c1-4-6-8-14-9-7-12(13-5-2)11(3)10-14/h11-13H,4-10H2,1-3H3. The first-order valence-corrected chi connectivity index (χ1v) is 6.23. The van der Waals surface area contributed by atoms with Gasteiger partial charge in [-0.2, -0.15) is 0 Å². The summed E-state index contributed by atoms with van der Waals surface area (Å²) >= 11 is 0. The SMILES string of the molecule is CCCCN1CCC(NCC)C(C)C1. The Balaban J connectivity index is 2.24. The van der Waals surface area contributed by atoms with Crippen molar-refractivity contribution in [1.82, 2.24) is 10.2 Å². The first-order valence-electron chi connectivity index (χ1n) is 6.23. The molecular weight excluding hydrogens is 172 g/mol. The Morgan fingerprint density at radius 1 is 1.36 bits per heavy atom. The summed E-state index contributed by atoms with van der Waals surface area (Å²) in [6.07, 6.45) is 4.01. The fourth-order valence-corrected chi connectivity index (χ4v) is 2.38. The van der Waals surface area contributed by atoms with Crippen molar-refractivity contribution in [3.63, 3.8) is 0 Å². The number of nitrogens with one attached hydrogen (secondary N) is 1. The molecule has 1 N–H and O–H groups in total. The van der Waals surface area contributed by atoms with Gasteiger partial charge in [-0.15, -0.1) is 0 Å². The number of hydrogen-bond acceptors (Lipinski definition) is 2. The highest BCUT2D eigenvalue weighted by Gasteiger charge is 2.24. The summed E-state index contributed by atoms with van der Waals surface area (Å²) in [5, 5.41) is 3.58. The van der Waals surface area contributed by atoms with Gasteiger partial charge in [-0.3, -0.25) is 0 Å². The molecule has 0 aliphatic carbocycles. The molecule has 0 bridgehead atoms. The van der Waals surface area contributed by atoms with E-state index in [2.05, 4.69) is 31.0 Å². The van der Waals surface area contributed by atoms with Crippen LogP contribution >= 0.6 is 0 Å². The van der Waals surface area contributed by atoms with Crippen LogP contribution in [0.25, 0.3) is 0 Å². The highest BCUT2D eigenvalue weighted by atomic mass is 15.1. The van der Waals surface area contributed by atoms with E-state index in [0.717, 1.165) is 18.5 Å². The largest absolute Gasteiger partial charge is 0.314 e. The first-order chi connectivity index (χ1) is 6.77. The molecule has 1 heterocycles. The van der Waals surface area contributed by atoms with Gasteiger partial charge in [-0.25, -0.2) is 0 Å². The smallest absolute Gasteiger partial charge is 0.0117 e. The summed E-state index contributed by atoms with van der Waals surface area (Å²) in [6, 6.07) is 0.762. The van der Waals surface area contributed by atoms with Crippen molar-refractivity contribution in [3.05, 3.63) is 0 Å². The quantitative estimate of drug-likeness (QED) is 0.728. The third kappa shape index (κ3) is 3.58. The van der Waals surface area contributed by atoms with Crippen molar-refractivity contribution >= 4 is 0 Å². The van der Waals surface area contributed by atoms with Crippen LogP contribution in [0.3, 0.4) is 0 Å². The Bertz CT molecular complexity index is 147. The zero-order valence-electron chi connectivity index (χ0n) is 10.1. The summed E-state index contributed by atoms with van der Waals surface area (Å²) in [5.41, 5.74) is 0. The van der Waals surface area contributed by atoms with Crippen molar-refractivity contribution in [1.29, 1.82) is 0 Å². The van der Waals surface area contributed by atoms with Gasteiger partial charge in [0, 0.05) is 12.6 Å². The van der Waals surface area contributed by atoms with Gasteiger partial charge in [0.1, 0.15) is 0 Å². The second kappa shape index (κ2) is 6.41. The normalized spacial score (nSPS) is 29.4. The van der Waals surface area contributed by atoms with Gasteiger partial charge in [0.15, 0.2) is 0 Å². The molecule has 0 radical (unpaired) electrons.